The van der Waals surface area contributed by atoms with E-state index in [9.17, 15) is 0 Å². The van der Waals surface area contributed by atoms with Crippen molar-refractivity contribution >= 4 is 29.3 Å². The summed E-state index contributed by atoms with van der Waals surface area (Å²) >= 11 is 11.8. The molecule has 0 bridgehead atoms. The van der Waals surface area contributed by atoms with E-state index in [1.807, 2.05) is 24.3 Å². The van der Waals surface area contributed by atoms with Gasteiger partial charge in [0.1, 0.15) is 0 Å². The topological polar surface area (TPSA) is 0 Å². The molecule has 0 radical (unpaired) electrons. The molecule has 186 valence electrons. The lowest BCUT2D eigenvalue weighted by atomic mass is 9.66. The third-order valence-electron chi connectivity index (χ3n) is 10.0. The van der Waals surface area contributed by atoms with Crippen LogP contribution in [0.5, 0.6) is 0 Å². The van der Waals surface area contributed by atoms with Gasteiger partial charge >= 0.3 is 0 Å². The second kappa shape index (κ2) is 10.0. The van der Waals surface area contributed by atoms with Gasteiger partial charge in [-0.3, -0.25) is 0 Å². The van der Waals surface area contributed by atoms with Crippen molar-refractivity contribution in [1.82, 2.24) is 0 Å². The fraction of sp³-hybridized carbons (Fsp3) is 0.562. The van der Waals surface area contributed by atoms with E-state index in [1.54, 1.807) is 5.57 Å². The van der Waals surface area contributed by atoms with Crippen LogP contribution in [-0.4, -0.2) is 0 Å². The first-order valence-corrected chi connectivity index (χ1v) is 13.6. The van der Waals surface area contributed by atoms with Gasteiger partial charge in [0.05, 0.1) is 0 Å². The second-order valence-electron chi connectivity index (χ2n) is 12.9. The molecule has 2 saturated carbocycles. The van der Waals surface area contributed by atoms with Gasteiger partial charge in [-0.1, -0.05) is 115 Å². The van der Waals surface area contributed by atoms with Crippen LogP contribution in [0.1, 0.15) is 92.2 Å². The van der Waals surface area contributed by atoms with Gasteiger partial charge in [0.25, 0.3) is 0 Å². The lowest BCUT2D eigenvalue weighted by molar-refractivity contribution is 0.107. The highest BCUT2D eigenvalue weighted by Crippen LogP contribution is 2.57. The molecule has 1 unspecified atom stereocenters. The summed E-state index contributed by atoms with van der Waals surface area (Å²) in [5.41, 5.74) is 5.81. The summed E-state index contributed by atoms with van der Waals surface area (Å²) in [6.07, 6.45) is 8.71. The maximum Gasteiger partial charge on any atom is 0.0406 e. The largest absolute Gasteiger partial charge is 0.0843 e. The number of hydrogen-bond donors (Lipinski definition) is 0. The molecule has 2 heteroatoms. The second-order valence-corrected chi connectivity index (χ2v) is 13.8. The molecule has 0 heterocycles. The van der Waals surface area contributed by atoms with E-state index in [-0.39, 0.29) is 5.41 Å². The van der Waals surface area contributed by atoms with E-state index in [2.05, 4.69) is 85.7 Å². The maximum absolute atomic E-state index is 5.93. The number of allylic oxidation sites excluding steroid dienone is 1. The van der Waals surface area contributed by atoms with E-state index in [1.165, 1.54) is 43.2 Å². The van der Waals surface area contributed by atoms with Gasteiger partial charge in [0.2, 0.25) is 0 Å². The lowest BCUT2D eigenvalue weighted by Gasteiger charge is -2.39. The van der Waals surface area contributed by atoms with E-state index >= 15 is 0 Å². The molecule has 0 spiro atoms. The first kappa shape index (κ1) is 27.3. The normalized spacial score (nSPS) is 25.1. The minimum Gasteiger partial charge on any atom is -0.0843 e. The fourth-order valence-electron chi connectivity index (χ4n) is 5.55. The van der Waals surface area contributed by atoms with Crippen molar-refractivity contribution in [3.05, 3.63) is 75.3 Å². The third kappa shape index (κ3) is 5.76. The standard InChI is InChI=1S/C16H23Cl.C16H21Cl/c2*1-15(2)10-9-13(16(15,3)4)11-12-5-7-14(17)8-6-12/h5-8,13H,9-11H2,1-4H3;5-8,11H,9-10H2,1-4H3/b;13-11-. The van der Waals surface area contributed by atoms with Crippen molar-refractivity contribution in [1.29, 1.82) is 0 Å². The Morgan fingerprint density at radius 3 is 1.71 bits per heavy atom. The molecule has 4 rings (SSSR count). The van der Waals surface area contributed by atoms with Crippen molar-refractivity contribution in [2.45, 2.75) is 87.5 Å². The van der Waals surface area contributed by atoms with Crippen molar-refractivity contribution in [2.75, 3.05) is 0 Å². The van der Waals surface area contributed by atoms with Crippen LogP contribution >= 0.6 is 23.2 Å². The molecule has 0 nitrogen and oxygen atoms in total. The minimum atomic E-state index is 0.284. The first-order chi connectivity index (χ1) is 15.7. The summed E-state index contributed by atoms with van der Waals surface area (Å²) in [5, 5.41) is 1.64. The van der Waals surface area contributed by atoms with E-state index in [0.29, 0.717) is 16.2 Å². The van der Waals surface area contributed by atoms with Crippen LogP contribution in [0.4, 0.5) is 0 Å². The Kier molecular flexibility index (Phi) is 8.06. The quantitative estimate of drug-likeness (QED) is 0.394. The highest BCUT2D eigenvalue weighted by atomic mass is 35.5. The third-order valence-corrected chi connectivity index (χ3v) is 10.5. The molecule has 0 amide bonds. The zero-order valence-electron chi connectivity index (χ0n) is 22.6. The summed E-state index contributed by atoms with van der Waals surface area (Å²) < 4.78 is 0. The summed E-state index contributed by atoms with van der Waals surface area (Å²) in [7, 11) is 0. The van der Waals surface area contributed by atoms with Crippen molar-refractivity contribution in [3.63, 3.8) is 0 Å². The summed E-state index contributed by atoms with van der Waals surface area (Å²) in [5.74, 6) is 0.790. The van der Waals surface area contributed by atoms with Gasteiger partial charge in [-0.15, -0.1) is 0 Å². The molecule has 2 aliphatic rings. The first-order valence-electron chi connectivity index (χ1n) is 12.9. The molecule has 2 aromatic carbocycles. The van der Waals surface area contributed by atoms with Crippen LogP contribution in [0.2, 0.25) is 10.0 Å². The molecule has 0 N–H and O–H groups in total. The zero-order chi connectivity index (χ0) is 25.4. The fourth-order valence-corrected chi connectivity index (χ4v) is 5.80. The lowest BCUT2D eigenvalue weighted by Crippen LogP contribution is -2.32. The molecule has 2 fully saturated rings. The van der Waals surface area contributed by atoms with Crippen molar-refractivity contribution in [3.8, 4) is 0 Å². The Balaban J connectivity index is 0.000000191. The van der Waals surface area contributed by atoms with Gasteiger partial charge in [0.15, 0.2) is 0 Å². The predicted octanol–water partition coefficient (Wildman–Crippen LogP) is 10.9. The van der Waals surface area contributed by atoms with Gasteiger partial charge in [-0.2, -0.15) is 0 Å². The average Bonchev–Trinajstić information content (AvgIpc) is 3.08. The van der Waals surface area contributed by atoms with Gasteiger partial charge in [0, 0.05) is 10.0 Å². The molecular weight excluding hydrogens is 455 g/mol. The van der Waals surface area contributed by atoms with Gasteiger partial charge in [-0.25, -0.2) is 0 Å². The van der Waals surface area contributed by atoms with Crippen molar-refractivity contribution in [2.24, 2.45) is 27.6 Å². The van der Waals surface area contributed by atoms with E-state index in [0.717, 1.165) is 16.0 Å². The summed E-state index contributed by atoms with van der Waals surface area (Å²) in [4.78, 5) is 0. The highest BCUT2D eigenvalue weighted by molar-refractivity contribution is 6.30. The Hall–Kier alpha value is -1.24. The average molecular weight is 500 g/mol. The van der Waals surface area contributed by atoms with E-state index < -0.39 is 0 Å². The zero-order valence-corrected chi connectivity index (χ0v) is 24.1. The summed E-state index contributed by atoms with van der Waals surface area (Å²) in [6.45, 7) is 19.2. The van der Waals surface area contributed by atoms with Crippen LogP contribution in [0.25, 0.3) is 6.08 Å². The molecule has 0 aromatic heterocycles. The van der Waals surface area contributed by atoms with Crippen LogP contribution < -0.4 is 0 Å². The highest BCUT2D eigenvalue weighted by Gasteiger charge is 2.48. The molecular formula is C32H44Cl2. The molecule has 34 heavy (non-hydrogen) atoms. The molecule has 0 aliphatic heterocycles. The minimum absolute atomic E-state index is 0.284. The van der Waals surface area contributed by atoms with Gasteiger partial charge < -0.3 is 0 Å². The number of rotatable bonds is 3. The molecule has 2 aromatic rings. The van der Waals surface area contributed by atoms with E-state index in [4.69, 9.17) is 23.2 Å². The number of benzene rings is 2. The Bertz CT molecular complexity index is 988. The monoisotopic (exact) mass is 498 g/mol. The van der Waals surface area contributed by atoms with Gasteiger partial charge in [-0.05, 0) is 95.1 Å². The van der Waals surface area contributed by atoms with Crippen LogP contribution in [0.15, 0.2) is 54.1 Å². The smallest absolute Gasteiger partial charge is 0.0406 e. The van der Waals surface area contributed by atoms with Crippen LogP contribution in [0.3, 0.4) is 0 Å². The Labute approximate surface area is 219 Å². The predicted molar refractivity (Wildman–Crippen MR) is 152 cm³/mol. The molecule has 2 aliphatic carbocycles. The molecule has 1 atom stereocenters. The number of hydrogen-bond acceptors (Lipinski definition) is 0. The maximum atomic E-state index is 5.93. The van der Waals surface area contributed by atoms with Crippen LogP contribution in [0, 0.1) is 27.6 Å². The number of halogens is 2. The molecule has 0 saturated heterocycles. The SMILES string of the molecule is CC1(C)CC/C(=C/c2ccc(Cl)cc2)C1(C)C.CC1(C)CCC(Cc2ccc(Cl)cc2)C1(C)C. The Morgan fingerprint density at radius 1 is 0.735 bits per heavy atom. The van der Waals surface area contributed by atoms with Crippen molar-refractivity contribution < 1.29 is 0 Å². The Morgan fingerprint density at radius 2 is 1.26 bits per heavy atom. The summed E-state index contributed by atoms with van der Waals surface area (Å²) in [6, 6.07) is 16.5. The van der Waals surface area contributed by atoms with Crippen LogP contribution in [-0.2, 0) is 6.42 Å².